The first kappa shape index (κ1) is 16.5. The number of rotatable bonds is 9. The van der Waals surface area contributed by atoms with Crippen molar-refractivity contribution in [3.63, 3.8) is 0 Å². The highest BCUT2D eigenvalue weighted by molar-refractivity contribution is 5.76. The number of hydrogen-bond donors (Lipinski definition) is 2. The van der Waals surface area contributed by atoms with E-state index >= 15 is 0 Å². The van der Waals surface area contributed by atoms with E-state index in [9.17, 15) is 4.79 Å². The second-order valence-electron chi connectivity index (χ2n) is 5.99. The highest BCUT2D eigenvalue weighted by Gasteiger charge is 2.22. The summed E-state index contributed by atoms with van der Waals surface area (Å²) < 4.78 is 0. The van der Waals surface area contributed by atoms with E-state index in [0.29, 0.717) is 6.42 Å². The molecular formula is C16H32N2O. The van der Waals surface area contributed by atoms with Crippen LogP contribution < -0.4 is 11.1 Å². The highest BCUT2D eigenvalue weighted by Crippen LogP contribution is 2.17. The van der Waals surface area contributed by atoms with Crippen LogP contribution in [0.15, 0.2) is 0 Å². The van der Waals surface area contributed by atoms with Gasteiger partial charge in [0.25, 0.3) is 0 Å². The molecule has 1 saturated carbocycles. The van der Waals surface area contributed by atoms with Crippen LogP contribution in [0.5, 0.6) is 0 Å². The lowest BCUT2D eigenvalue weighted by molar-refractivity contribution is -0.122. The lowest BCUT2D eigenvalue weighted by Gasteiger charge is -2.29. The zero-order valence-corrected chi connectivity index (χ0v) is 12.6. The van der Waals surface area contributed by atoms with Gasteiger partial charge in [0.15, 0.2) is 0 Å². The maximum absolute atomic E-state index is 11.8. The highest BCUT2D eigenvalue weighted by atomic mass is 16.1. The molecule has 0 spiro atoms. The zero-order valence-electron chi connectivity index (χ0n) is 12.6. The van der Waals surface area contributed by atoms with Crippen LogP contribution in [0, 0.1) is 0 Å². The van der Waals surface area contributed by atoms with Gasteiger partial charge in [0.2, 0.25) is 5.91 Å². The van der Waals surface area contributed by atoms with Crippen LogP contribution in [0.4, 0.5) is 0 Å². The minimum absolute atomic E-state index is 0.173. The second kappa shape index (κ2) is 10.2. The Balaban J connectivity index is 1.98. The molecule has 3 nitrogen and oxygen atoms in total. The maximum Gasteiger partial charge on any atom is 0.220 e. The molecule has 3 heteroatoms. The molecule has 1 aliphatic rings. The standard InChI is InChI=1S/C16H32N2O/c1-2-3-4-5-6-7-8-13-16(19)18-15-12-10-9-11-14(15)17/h14-15H,2-13,17H2,1H3,(H,18,19). The van der Waals surface area contributed by atoms with Crippen molar-refractivity contribution in [3.8, 4) is 0 Å². The number of carbonyl (C=O) groups is 1. The molecule has 0 aliphatic heterocycles. The number of amides is 1. The summed E-state index contributed by atoms with van der Waals surface area (Å²) >= 11 is 0. The summed E-state index contributed by atoms with van der Waals surface area (Å²) in [5.74, 6) is 0.205. The molecular weight excluding hydrogens is 236 g/mol. The molecule has 19 heavy (non-hydrogen) atoms. The first-order valence-corrected chi connectivity index (χ1v) is 8.29. The summed E-state index contributed by atoms with van der Waals surface area (Å²) in [5, 5.41) is 3.12. The molecule has 0 bridgehead atoms. The lowest BCUT2D eigenvalue weighted by atomic mass is 9.91. The van der Waals surface area contributed by atoms with E-state index in [2.05, 4.69) is 12.2 Å². The van der Waals surface area contributed by atoms with Gasteiger partial charge in [-0.3, -0.25) is 4.79 Å². The number of carbonyl (C=O) groups excluding carboxylic acids is 1. The monoisotopic (exact) mass is 268 g/mol. The molecule has 0 radical (unpaired) electrons. The van der Waals surface area contributed by atoms with Gasteiger partial charge in [-0.05, 0) is 19.3 Å². The summed E-state index contributed by atoms with van der Waals surface area (Å²) in [7, 11) is 0. The van der Waals surface area contributed by atoms with E-state index in [1.807, 2.05) is 0 Å². The molecule has 0 saturated heterocycles. The van der Waals surface area contributed by atoms with E-state index in [1.165, 1.54) is 51.4 Å². The van der Waals surface area contributed by atoms with Crippen molar-refractivity contribution in [2.75, 3.05) is 0 Å². The van der Waals surface area contributed by atoms with Crippen molar-refractivity contribution in [3.05, 3.63) is 0 Å². The average Bonchev–Trinajstić information content (AvgIpc) is 2.40. The Bertz CT molecular complexity index is 243. The lowest BCUT2D eigenvalue weighted by Crippen LogP contribution is -2.49. The third kappa shape index (κ3) is 7.56. The van der Waals surface area contributed by atoms with E-state index in [0.717, 1.165) is 19.3 Å². The Hall–Kier alpha value is -0.570. The minimum Gasteiger partial charge on any atom is -0.352 e. The van der Waals surface area contributed by atoms with Crippen molar-refractivity contribution in [2.24, 2.45) is 5.73 Å². The van der Waals surface area contributed by atoms with Gasteiger partial charge in [-0.2, -0.15) is 0 Å². The summed E-state index contributed by atoms with van der Waals surface area (Å²) in [5.41, 5.74) is 6.04. The first-order chi connectivity index (χ1) is 9.24. The van der Waals surface area contributed by atoms with Crippen LogP contribution >= 0.6 is 0 Å². The van der Waals surface area contributed by atoms with Gasteiger partial charge >= 0.3 is 0 Å². The fourth-order valence-corrected chi connectivity index (χ4v) is 2.86. The molecule has 3 N–H and O–H groups in total. The fourth-order valence-electron chi connectivity index (χ4n) is 2.86. The molecule has 0 aromatic carbocycles. The van der Waals surface area contributed by atoms with Crippen LogP contribution in [0.2, 0.25) is 0 Å². The molecule has 0 aromatic heterocycles. The second-order valence-corrected chi connectivity index (χ2v) is 5.99. The topological polar surface area (TPSA) is 55.1 Å². The Morgan fingerprint density at radius 2 is 1.68 bits per heavy atom. The van der Waals surface area contributed by atoms with Crippen molar-refractivity contribution in [1.29, 1.82) is 0 Å². The largest absolute Gasteiger partial charge is 0.352 e. The smallest absolute Gasteiger partial charge is 0.220 e. The van der Waals surface area contributed by atoms with Crippen molar-refractivity contribution < 1.29 is 4.79 Å². The predicted molar refractivity (Wildman–Crippen MR) is 81.0 cm³/mol. The summed E-state index contributed by atoms with van der Waals surface area (Å²) in [4.78, 5) is 11.8. The summed E-state index contributed by atoms with van der Waals surface area (Å²) in [6.07, 6.45) is 14.0. The molecule has 1 rings (SSSR count). The van der Waals surface area contributed by atoms with Gasteiger partial charge in [0, 0.05) is 18.5 Å². The van der Waals surface area contributed by atoms with Crippen LogP contribution in [0.25, 0.3) is 0 Å². The quantitative estimate of drug-likeness (QED) is 0.629. The summed E-state index contributed by atoms with van der Waals surface area (Å²) in [6, 6.07) is 0.401. The Morgan fingerprint density at radius 1 is 1.05 bits per heavy atom. The van der Waals surface area contributed by atoms with Crippen molar-refractivity contribution in [2.45, 2.75) is 96.1 Å². The molecule has 1 aliphatic carbocycles. The third-order valence-corrected chi connectivity index (χ3v) is 4.17. The van der Waals surface area contributed by atoms with E-state index in [1.54, 1.807) is 0 Å². The maximum atomic E-state index is 11.8. The van der Waals surface area contributed by atoms with E-state index in [-0.39, 0.29) is 18.0 Å². The van der Waals surface area contributed by atoms with Crippen LogP contribution in [-0.4, -0.2) is 18.0 Å². The van der Waals surface area contributed by atoms with Gasteiger partial charge in [-0.1, -0.05) is 58.3 Å². The van der Waals surface area contributed by atoms with E-state index in [4.69, 9.17) is 5.73 Å². The van der Waals surface area contributed by atoms with Gasteiger partial charge < -0.3 is 11.1 Å². The van der Waals surface area contributed by atoms with Gasteiger partial charge in [-0.15, -0.1) is 0 Å². The third-order valence-electron chi connectivity index (χ3n) is 4.17. The van der Waals surface area contributed by atoms with Crippen LogP contribution in [-0.2, 0) is 4.79 Å². The van der Waals surface area contributed by atoms with Crippen molar-refractivity contribution >= 4 is 5.91 Å². The molecule has 0 heterocycles. The number of hydrogen-bond acceptors (Lipinski definition) is 2. The predicted octanol–water partition coefficient (Wildman–Crippen LogP) is 3.51. The molecule has 1 fully saturated rings. The van der Waals surface area contributed by atoms with Crippen molar-refractivity contribution in [1.82, 2.24) is 5.32 Å². The molecule has 2 atom stereocenters. The Labute approximate surface area is 118 Å². The number of unbranched alkanes of at least 4 members (excludes halogenated alkanes) is 6. The number of nitrogens with one attached hydrogen (secondary N) is 1. The molecule has 1 amide bonds. The first-order valence-electron chi connectivity index (χ1n) is 8.29. The van der Waals surface area contributed by atoms with E-state index < -0.39 is 0 Å². The minimum atomic E-state index is 0.173. The Morgan fingerprint density at radius 3 is 2.37 bits per heavy atom. The fraction of sp³-hybridized carbons (Fsp3) is 0.938. The average molecular weight is 268 g/mol. The van der Waals surface area contributed by atoms with Crippen LogP contribution in [0.3, 0.4) is 0 Å². The van der Waals surface area contributed by atoms with Gasteiger partial charge in [0.1, 0.15) is 0 Å². The SMILES string of the molecule is CCCCCCCCCC(=O)NC1CCCCC1N. The molecule has 0 aromatic rings. The van der Waals surface area contributed by atoms with Gasteiger partial charge in [0.05, 0.1) is 0 Å². The summed E-state index contributed by atoms with van der Waals surface area (Å²) in [6.45, 7) is 2.24. The molecule has 112 valence electrons. The number of nitrogens with two attached hydrogens (primary N) is 1. The molecule has 2 unspecified atom stereocenters. The van der Waals surface area contributed by atoms with Gasteiger partial charge in [-0.25, -0.2) is 0 Å². The van der Waals surface area contributed by atoms with Crippen LogP contribution in [0.1, 0.15) is 84.0 Å². The normalized spacial score (nSPS) is 23.3. The zero-order chi connectivity index (χ0) is 13.9. The Kier molecular flexibility index (Phi) is 8.89.